The van der Waals surface area contributed by atoms with E-state index in [1.807, 2.05) is 43.3 Å². The molecule has 1 atom stereocenters. The summed E-state index contributed by atoms with van der Waals surface area (Å²) in [6.45, 7) is 3.32. The van der Waals surface area contributed by atoms with Crippen LogP contribution in [0.25, 0.3) is 0 Å². The average molecular weight is 323 g/mol. The first-order valence-electron chi connectivity index (χ1n) is 6.95. The Morgan fingerprint density at radius 2 is 1.81 bits per heavy atom. The Balaban J connectivity index is 1.96. The number of ether oxygens (including phenoxy) is 2. The minimum atomic E-state index is -0.311. The second-order valence-electron chi connectivity index (χ2n) is 5.10. The summed E-state index contributed by atoms with van der Waals surface area (Å²) in [5.41, 5.74) is 2.88. The molecule has 3 rings (SSSR count). The largest absolute Gasteiger partial charge is 0.490 e. The molecular formula is C17H16Cl2O2. The SMILES string of the molecule is Cc1cccc(C(Cl)c2ccc3c(c2)OCCCO3)c1Cl. The maximum absolute atomic E-state index is 6.61. The fourth-order valence-electron chi connectivity index (χ4n) is 2.38. The fraction of sp³-hybridized carbons (Fsp3) is 0.294. The summed E-state index contributed by atoms with van der Waals surface area (Å²) in [7, 11) is 0. The molecule has 0 saturated heterocycles. The van der Waals surface area contributed by atoms with Gasteiger partial charge in [-0.25, -0.2) is 0 Å². The number of hydrogen-bond donors (Lipinski definition) is 0. The van der Waals surface area contributed by atoms with Crippen molar-refractivity contribution in [3.05, 3.63) is 58.1 Å². The summed E-state index contributed by atoms with van der Waals surface area (Å²) in [4.78, 5) is 0. The van der Waals surface area contributed by atoms with Gasteiger partial charge in [0, 0.05) is 11.4 Å². The lowest BCUT2D eigenvalue weighted by Gasteiger charge is -2.15. The van der Waals surface area contributed by atoms with Gasteiger partial charge >= 0.3 is 0 Å². The first-order valence-corrected chi connectivity index (χ1v) is 7.77. The Labute approximate surface area is 134 Å². The second kappa shape index (κ2) is 6.17. The van der Waals surface area contributed by atoms with Gasteiger partial charge in [-0.2, -0.15) is 0 Å². The van der Waals surface area contributed by atoms with Crippen LogP contribution in [0.15, 0.2) is 36.4 Å². The highest BCUT2D eigenvalue weighted by atomic mass is 35.5. The van der Waals surface area contributed by atoms with Crippen LogP contribution >= 0.6 is 23.2 Å². The van der Waals surface area contributed by atoms with Gasteiger partial charge in [0.2, 0.25) is 0 Å². The molecule has 0 N–H and O–H groups in total. The van der Waals surface area contributed by atoms with Crippen molar-refractivity contribution in [2.24, 2.45) is 0 Å². The Morgan fingerprint density at radius 1 is 1.05 bits per heavy atom. The fourth-order valence-corrected chi connectivity index (χ4v) is 2.99. The number of aryl methyl sites for hydroxylation is 1. The van der Waals surface area contributed by atoms with E-state index in [0.29, 0.717) is 18.2 Å². The van der Waals surface area contributed by atoms with E-state index in [1.54, 1.807) is 0 Å². The van der Waals surface area contributed by atoms with Crippen LogP contribution in [0.2, 0.25) is 5.02 Å². The van der Waals surface area contributed by atoms with E-state index in [-0.39, 0.29) is 5.38 Å². The van der Waals surface area contributed by atoms with Gasteiger partial charge in [0.15, 0.2) is 11.5 Å². The second-order valence-corrected chi connectivity index (χ2v) is 5.91. The lowest BCUT2D eigenvalue weighted by Crippen LogP contribution is -1.98. The minimum Gasteiger partial charge on any atom is -0.490 e. The van der Waals surface area contributed by atoms with E-state index in [2.05, 4.69) is 0 Å². The van der Waals surface area contributed by atoms with Gasteiger partial charge in [-0.1, -0.05) is 35.9 Å². The molecule has 0 amide bonds. The number of rotatable bonds is 2. The lowest BCUT2D eigenvalue weighted by molar-refractivity contribution is 0.297. The van der Waals surface area contributed by atoms with Crippen molar-refractivity contribution < 1.29 is 9.47 Å². The molecule has 0 fully saturated rings. The molecule has 110 valence electrons. The smallest absolute Gasteiger partial charge is 0.161 e. The third kappa shape index (κ3) is 2.97. The van der Waals surface area contributed by atoms with E-state index in [9.17, 15) is 0 Å². The summed E-state index contributed by atoms with van der Waals surface area (Å²) in [5, 5.41) is 0.402. The first-order chi connectivity index (χ1) is 10.2. The number of halogens is 2. The number of hydrogen-bond acceptors (Lipinski definition) is 2. The van der Waals surface area contributed by atoms with Crippen LogP contribution in [0.3, 0.4) is 0 Å². The predicted octanol–water partition coefficient (Wildman–Crippen LogP) is 5.14. The molecule has 2 aromatic carbocycles. The molecule has 2 aromatic rings. The Bertz CT molecular complexity index is 655. The maximum Gasteiger partial charge on any atom is 0.161 e. The molecule has 1 aliphatic heterocycles. The monoisotopic (exact) mass is 322 g/mol. The third-order valence-electron chi connectivity index (χ3n) is 3.56. The molecule has 1 unspecified atom stereocenters. The first kappa shape index (κ1) is 14.6. The zero-order chi connectivity index (χ0) is 14.8. The molecule has 0 spiro atoms. The molecule has 0 radical (unpaired) electrons. The normalized spacial score (nSPS) is 15.4. The third-order valence-corrected chi connectivity index (χ3v) is 4.56. The zero-order valence-electron chi connectivity index (χ0n) is 11.7. The summed E-state index contributed by atoms with van der Waals surface area (Å²) in [6, 6.07) is 11.7. The summed E-state index contributed by atoms with van der Waals surface area (Å²) in [5.74, 6) is 1.52. The van der Waals surface area contributed by atoms with Gasteiger partial charge in [-0.3, -0.25) is 0 Å². The van der Waals surface area contributed by atoms with Crippen molar-refractivity contribution in [1.82, 2.24) is 0 Å². The highest BCUT2D eigenvalue weighted by Crippen LogP contribution is 2.39. The quantitative estimate of drug-likeness (QED) is 0.713. The Kier molecular flexibility index (Phi) is 4.27. The molecule has 2 nitrogen and oxygen atoms in total. The van der Waals surface area contributed by atoms with Gasteiger partial charge in [0.1, 0.15) is 0 Å². The highest BCUT2D eigenvalue weighted by molar-refractivity contribution is 6.33. The van der Waals surface area contributed by atoms with E-state index >= 15 is 0 Å². The van der Waals surface area contributed by atoms with Crippen LogP contribution in [-0.4, -0.2) is 13.2 Å². The van der Waals surface area contributed by atoms with E-state index < -0.39 is 0 Å². The molecule has 4 heteroatoms. The van der Waals surface area contributed by atoms with Crippen LogP contribution in [0, 0.1) is 6.92 Å². The van der Waals surface area contributed by atoms with Gasteiger partial charge < -0.3 is 9.47 Å². The standard InChI is InChI=1S/C17H16Cl2O2/c1-11-4-2-5-13(16(11)18)17(19)12-6-7-14-15(10-12)21-9-3-8-20-14/h2,4-7,10,17H,3,8-9H2,1H3. The lowest BCUT2D eigenvalue weighted by atomic mass is 10.0. The van der Waals surface area contributed by atoms with Crippen LogP contribution in [0.5, 0.6) is 11.5 Å². The van der Waals surface area contributed by atoms with Gasteiger partial charge in [0.25, 0.3) is 0 Å². The van der Waals surface area contributed by atoms with Gasteiger partial charge in [0.05, 0.1) is 18.6 Å². The molecule has 1 heterocycles. The van der Waals surface area contributed by atoms with Gasteiger partial charge in [-0.15, -0.1) is 11.6 Å². The number of alkyl halides is 1. The maximum atomic E-state index is 6.61. The van der Waals surface area contributed by atoms with E-state index in [0.717, 1.165) is 34.6 Å². The Hall–Kier alpha value is -1.38. The Morgan fingerprint density at radius 3 is 2.62 bits per heavy atom. The minimum absolute atomic E-state index is 0.311. The summed E-state index contributed by atoms with van der Waals surface area (Å²) < 4.78 is 11.4. The predicted molar refractivity (Wildman–Crippen MR) is 85.9 cm³/mol. The molecule has 0 saturated carbocycles. The van der Waals surface area contributed by atoms with Crippen LogP contribution in [0.4, 0.5) is 0 Å². The molecule has 0 bridgehead atoms. The summed E-state index contributed by atoms with van der Waals surface area (Å²) >= 11 is 13.0. The van der Waals surface area contributed by atoms with Crippen molar-refractivity contribution in [1.29, 1.82) is 0 Å². The van der Waals surface area contributed by atoms with E-state index in [4.69, 9.17) is 32.7 Å². The van der Waals surface area contributed by atoms with Crippen LogP contribution in [-0.2, 0) is 0 Å². The van der Waals surface area contributed by atoms with Gasteiger partial charge in [-0.05, 0) is 35.7 Å². The molecule has 21 heavy (non-hydrogen) atoms. The van der Waals surface area contributed by atoms with Crippen molar-refractivity contribution in [2.45, 2.75) is 18.7 Å². The topological polar surface area (TPSA) is 18.5 Å². The van der Waals surface area contributed by atoms with Crippen molar-refractivity contribution in [3.8, 4) is 11.5 Å². The highest BCUT2D eigenvalue weighted by Gasteiger charge is 2.18. The van der Waals surface area contributed by atoms with Crippen molar-refractivity contribution >= 4 is 23.2 Å². The van der Waals surface area contributed by atoms with E-state index in [1.165, 1.54) is 0 Å². The number of benzene rings is 2. The molecular weight excluding hydrogens is 307 g/mol. The average Bonchev–Trinajstić information content (AvgIpc) is 2.74. The molecule has 0 aromatic heterocycles. The van der Waals surface area contributed by atoms with Crippen molar-refractivity contribution in [2.75, 3.05) is 13.2 Å². The number of fused-ring (bicyclic) bond motifs is 1. The van der Waals surface area contributed by atoms with Crippen molar-refractivity contribution in [3.63, 3.8) is 0 Å². The summed E-state index contributed by atoms with van der Waals surface area (Å²) in [6.07, 6.45) is 0.887. The molecule has 1 aliphatic rings. The molecule has 0 aliphatic carbocycles. The van der Waals surface area contributed by atoms with Crippen LogP contribution < -0.4 is 9.47 Å². The zero-order valence-corrected chi connectivity index (χ0v) is 13.2. The van der Waals surface area contributed by atoms with Crippen LogP contribution in [0.1, 0.15) is 28.5 Å².